The predicted molar refractivity (Wildman–Crippen MR) is 149 cm³/mol. The van der Waals surface area contributed by atoms with Crippen molar-refractivity contribution < 1.29 is 4.52 Å². The van der Waals surface area contributed by atoms with E-state index in [4.69, 9.17) is 4.52 Å². The minimum Gasteiger partial charge on any atom is -0.374 e. The lowest BCUT2D eigenvalue weighted by Gasteiger charge is -2.17. The van der Waals surface area contributed by atoms with Crippen molar-refractivity contribution in [2.45, 2.75) is 19.3 Å². The van der Waals surface area contributed by atoms with Gasteiger partial charge in [-0.05, 0) is 70.1 Å². The number of hydrogen-bond donors (Lipinski definition) is 0. The van der Waals surface area contributed by atoms with Gasteiger partial charge >= 0.3 is 0 Å². The molecule has 0 fully saturated rings. The maximum absolute atomic E-state index is 6.87. The summed E-state index contributed by atoms with van der Waals surface area (Å²) in [6, 6.07) is 26.1. The van der Waals surface area contributed by atoms with Crippen LogP contribution in [-0.2, 0) is 6.42 Å². The molecule has 2 heteroatoms. The third kappa shape index (κ3) is 3.25. The minimum atomic E-state index is 0.880. The van der Waals surface area contributed by atoms with E-state index >= 15 is 0 Å². The summed E-state index contributed by atoms with van der Waals surface area (Å²) in [7, 11) is 0. The van der Waals surface area contributed by atoms with Gasteiger partial charge in [-0.15, -0.1) is 0 Å². The molecular formula is C33H25NO. The highest BCUT2D eigenvalue weighted by Crippen LogP contribution is 2.38. The average molecular weight is 452 g/mol. The lowest BCUT2D eigenvalue weighted by Crippen LogP contribution is -2.00. The summed E-state index contributed by atoms with van der Waals surface area (Å²) < 4.78 is 8.89. The molecular weight excluding hydrogens is 426 g/mol. The van der Waals surface area contributed by atoms with E-state index in [-0.39, 0.29) is 0 Å². The van der Waals surface area contributed by atoms with Crippen LogP contribution < -0.4 is 0 Å². The second-order valence-corrected chi connectivity index (χ2v) is 9.22. The van der Waals surface area contributed by atoms with Gasteiger partial charge in [0.2, 0.25) is 0 Å². The summed E-state index contributed by atoms with van der Waals surface area (Å²) in [5.41, 5.74) is 5.62. The van der Waals surface area contributed by atoms with Crippen LogP contribution in [0.4, 0.5) is 0 Å². The standard InChI is InChI=1S/C33H25NO/c1-3-11-23-19-21-29-28-17-9-10-18-30(28)34(25-13-4-2-5-14-25)35-31-22-20-24-12-7-8-16-27(24)33(31)32(29)26(23)15-6-1/h1,3-4,6-14,16-22H,2,5,15H2. The van der Waals surface area contributed by atoms with Crippen LogP contribution >= 0.6 is 0 Å². The molecule has 0 saturated heterocycles. The van der Waals surface area contributed by atoms with Crippen molar-refractivity contribution in [3.63, 3.8) is 0 Å². The van der Waals surface area contributed by atoms with E-state index in [0.29, 0.717) is 0 Å². The molecule has 0 atom stereocenters. The van der Waals surface area contributed by atoms with Crippen molar-refractivity contribution in [3.8, 4) is 0 Å². The molecule has 4 aromatic carbocycles. The highest BCUT2D eigenvalue weighted by Gasteiger charge is 2.16. The summed E-state index contributed by atoms with van der Waals surface area (Å²) >= 11 is 0. The molecule has 1 heterocycles. The topological polar surface area (TPSA) is 18.1 Å². The first-order chi connectivity index (χ1) is 17.4. The normalized spacial score (nSPS) is 14.9. The van der Waals surface area contributed by atoms with Gasteiger partial charge in [0.1, 0.15) is 0 Å². The van der Waals surface area contributed by atoms with Crippen molar-refractivity contribution in [1.29, 1.82) is 0 Å². The van der Waals surface area contributed by atoms with Crippen molar-refractivity contribution >= 4 is 55.2 Å². The SMILES string of the molecule is C1=CCc2c(ccc3c4ccccc4n(C4=CCCC=C4)oc4ccc5ccccc5c4c23)C=C1. The lowest BCUT2D eigenvalue weighted by atomic mass is 9.92. The summed E-state index contributed by atoms with van der Waals surface area (Å²) in [6.07, 6.45) is 18.4. The summed E-state index contributed by atoms with van der Waals surface area (Å²) in [4.78, 5) is 0. The maximum atomic E-state index is 6.87. The Morgan fingerprint density at radius 2 is 1.54 bits per heavy atom. The molecule has 0 amide bonds. The Balaban J connectivity index is 1.82. The van der Waals surface area contributed by atoms with Gasteiger partial charge in [-0.25, -0.2) is 0 Å². The van der Waals surface area contributed by atoms with Gasteiger partial charge in [0.05, 0.1) is 11.2 Å². The molecule has 1 aromatic heterocycles. The Hall–Kier alpha value is -4.30. The molecule has 0 saturated carbocycles. The zero-order valence-electron chi connectivity index (χ0n) is 19.4. The number of aromatic nitrogens is 1. The fourth-order valence-electron chi connectivity index (χ4n) is 5.53. The van der Waals surface area contributed by atoms with Crippen molar-refractivity contribution in [2.75, 3.05) is 0 Å². The zero-order chi connectivity index (χ0) is 23.2. The number of hydrogen-bond acceptors (Lipinski definition) is 1. The van der Waals surface area contributed by atoms with E-state index in [2.05, 4.69) is 115 Å². The van der Waals surface area contributed by atoms with Gasteiger partial charge in [0.25, 0.3) is 0 Å². The quantitative estimate of drug-likeness (QED) is 0.248. The first kappa shape index (κ1) is 20.1. The van der Waals surface area contributed by atoms with Crippen LogP contribution in [0, 0.1) is 0 Å². The Morgan fingerprint density at radius 3 is 2.46 bits per heavy atom. The smallest absolute Gasteiger partial charge is 0.164 e. The van der Waals surface area contributed by atoms with Crippen LogP contribution in [0.5, 0.6) is 0 Å². The molecule has 0 unspecified atom stereocenters. The van der Waals surface area contributed by atoms with E-state index in [9.17, 15) is 0 Å². The van der Waals surface area contributed by atoms with Gasteiger partial charge in [0, 0.05) is 10.8 Å². The van der Waals surface area contributed by atoms with E-state index in [1.807, 2.05) is 4.74 Å². The number of allylic oxidation sites excluding steroid dienone is 7. The number of fused-ring (bicyclic) bond motifs is 9. The largest absolute Gasteiger partial charge is 0.374 e. The van der Waals surface area contributed by atoms with Crippen molar-refractivity contribution in [1.82, 2.24) is 4.74 Å². The first-order valence-electron chi connectivity index (χ1n) is 12.3. The van der Waals surface area contributed by atoms with Gasteiger partial charge < -0.3 is 4.52 Å². The summed E-state index contributed by atoms with van der Waals surface area (Å²) in [5, 5.41) is 7.29. The highest BCUT2D eigenvalue weighted by atomic mass is 16.5. The second-order valence-electron chi connectivity index (χ2n) is 9.22. The van der Waals surface area contributed by atoms with Crippen molar-refractivity contribution in [2.24, 2.45) is 0 Å². The Kier molecular flexibility index (Phi) is 4.70. The van der Waals surface area contributed by atoms with Gasteiger partial charge in [0.15, 0.2) is 5.58 Å². The average Bonchev–Trinajstić information content (AvgIpc) is 3.16. The highest BCUT2D eigenvalue weighted by molar-refractivity contribution is 6.23. The fraction of sp³-hybridized carbons (Fsp3) is 0.0909. The molecule has 0 spiro atoms. The van der Waals surface area contributed by atoms with Gasteiger partial charge in [-0.1, -0.05) is 97.1 Å². The molecule has 0 radical (unpaired) electrons. The van der Waals surface area contributed by atoms with Crippen LogP contribution in [-0.4, -0.2) is 4.74 Å². The van der Waals surface area contributed by atoms with Crippen LogP contribution in [0.15, 0.2) is 114 Å². The summed E-state index contributed by atoms with van der Waals surface area (Å²) in [5.74, 6) is 0. The maximum Gasteiger partial charge on any atom is 0.164 e. The molecule has 7 rings (SSSR count). The van der Waals surface area contributed by atoms with Crippen LogP contribution in [0.3, 0.4) is 0 Å². The van der Waals surface area contributed by atoms with Crippen LogP contribution in [0.25, 0.3) is 55.2 Å². The van der Waals surface area contributed by atoms with E-state index in [1.165, 1.54) is 43.4 Å². The molecule has 168 valence electrons. The number of para-hydroxylation sites is 1. The van der Waals surface area contributed by atoms with Crippen molar-refractivity contribution in [3.05, 3.63) is 120 Å². The Labute approximate surface area is 204 Å². The number of benzene rings is 4. The minimum absolute atomic E-state index is 0.880. The van der Waals surface area contributed by atoms with E-state index in [1.54, 1.807) is 0 Å². The second kappa shape index (κ2) is 8.18. The molecule has 2 aliphatic rings. The first-order valence-corrected chi connectivity index (χ1v) is 12.3. The third-order valence-corrected chi connectivity index (χ3v) is 7.15. The summed E-state index contributed by atoms with van der Waals surface area (Å²) in [6.45, 7) is 0. The Morgan fingerprint density at radius 1 is 0.657 bits per heavy atom. The molecule has 35 heavy (non-hydrogen) atoms. The van der Waals surface area contributed by atoms with Gasteiger partial charge in [-0.2, -0.15) is 4.74 Å². The molecule has 2 aliphatic carbocycles. The lowest BCUT2D eigenvalue weighted by molar-refractivity contribution is 0.389. The van der Waals surface area contributed by atoms with Crippen LogP contribution in [0.2, 0.25) is 0 Å². The third-order valence-electron chi connectivity index (χ3n) is 7.15. The molecule has 5 aromatic rings. The Bertz CT molecular complexity index is 1820. The molecule has 2 nitrogen and oxygen atoms in total. The molecule has 0 N–H and O–H groups in total. The monoisotopic (exact) mass is 451 g/mol. The molecule has 0 aliphatic heterocycles. The predicted octanol–water partition coefficient (Wildman–Crippen LogP) is 9.13. The van der Waals surface area contributed by atoms with Gasteiger partial charge in [-0.3, -0.25) is 0 Å². The van der Waals surface area contributed by atoms with E-state index < -0.39 is 0 Å². The van der Waals surface area contributed by atoms with Crippen LogP contribution in [0.1, 0.15) is 24.0 Å². The number of nitrogens with zero attached hydrogens (tertiary/aromatic N) is 1. The zero-order valence-corrected chi connectivity index (χ0v) is 19.4. The fourth-order valence-corrected chi connectivity index (χ4v) is 5.53. The molecule has 0 bridgehead atoms. The number of rotatable bonds is 1. The van der Waals surface area contributed by atoms with E-state index in [0.717, 1.165) is 36.1 Å².